The van der Waals surface area contributed by atoms with Crippen LogP contribution in [0.2, 0.25) is 0 Å². The third kappa shape index (κ3) is 4.33. The highest BCUT2D eigenvalue weighted by atomic mass is 16.6. The van der Waals surface area contributed by atoms with E-state index < -0.39 is 22.3 Å². The Labute approximate surface area is 191 Å². The van der Waals surface area contributed by atoms with Gasteiger partial charge < -0.3 is 15.2 Å². The van der Waals surface area contributed by atoms with Gasteiger partial charge in [0.25, 0.3) is 0 Å². The van der Waals surface area contributed by atoms with Gasteiger partial charge in [-0.2, -0.15) is 0 Å². The number of carbonyl (C=O) groups is 2. The first-order chi connectivity index (χ1) is 15.8. The Kier molecular flexibility index (Phi) is 6.18. The van der Waals surface area contributed by atoms with Gasteiger partial charge in [0.1, 0.15) is 0 Å². The van der Waals surface area contributed by atoms with Crippen molar-refractivity contribution in [1.82, 2.24) is 5.32 Å². The summed E-state index contributed by atoms with van der Waals surface area (Å²) in [4.78, 5) is 36.7. The molecule has 0 unspecified atom stereocenters. The molecule has 0 radical (unpaired) electrons. The van der Waals surface area contributed by atoms with Gasteiger partial charge in [-0.05, 0) is 48.4 Å². The van der Waals surface area contributed by atoms with Crippen LogP contribution in [-0.4, -0.2) is 28.3 Å². The summed E-state index contributed by atoms with van der Waals surface area (Å²) in [5, 5.41) is 24.6. The van der Waals surface area contributed by atoms with Crippen LogP contribution in [0.3, 0.4) is 0 Å². The Morgan fingerprint density at radius 1 is 1.09 bits per heavy atom. The van der Waals surface area contributed by atoms with E-state index in [1.165, 1.54) is 17.7 Å². The number of nitrogens with zero attached hydrogens (tertiary/aromatic N) is 1. The van der Waals surface area contributed by atoms with Crippen LogP contribution in [0.25, 0.3) is 0 Å². The molecule has 0 saturated heterocycles. The molecule has 0 spiro atoms. The molecular weight excluding hydrogens is 424 g/mol. The van der Waals surface area contributed by atoms with Crippen LogP contribution in [0.15, 0.2) is 47.7 Å². The smallest absolute Gasteiger partial charge is 0.314 e. The second-order valence-corrected chi connectivity index (χ2v) is 8.40. The minimum atomic E-state index is -0.696. The number of benzene rings is 2. The molecule has 172 valence electrons. The number of carbonyl (C=O) groups excluding carboxylic acids is 2. The van der Waals surface area contributed by atoms with E-state index in [1.807, 2.05) is 12.1 Å². The third-order valence-corrected chi connectivity index (χ3v) is 6.37. The fourth-order valence-electron chi connectivity index (χ4n) is 4.73. The largest absolute Gasteiger partial charge is 0.500 e. The molecule has 2 N–H and O–H groups in total. The van der Waals surface area contributed by atoms with Crippen LogP contribution < -0.4 is 10.1 Å². The maximum atomic E-state index is 13.3. The minimum absolute atomic E-state index is 0.00602. The van der Waals surface area contributed by atoms with Crippen molar-refractivity contribution in [3.05, 3.63) is 74.5 Å². The average molecular weight is 450 g/mol. The summed E-state index contributed by atoms with van der Waals surface area (Å²) in [6, 6.07) is 10.9. The van der Waals surface area contributed by atoms with Crippen LogP contribution in [0, 0.1) is 10.1 Å². The highest BCUT2D eigenvalue weighted by molar-refractivity contribution is 6.02. The number of ether oxygens (including phenoxy) is 1. The van der Waals surface area contributed by atoms with E-state index in [9.17, 15) is 24.8 Å². The normalized spacial score (nSPS) is 20.3. The number of phenols is 1. The topological polar surface area (TPSA) is 119 Å². The molecule has 2 atom stereocenters. The number of hydrogen-bond acceptors (Lipinski definition) is 6. The van der Waals surface area contributed by atoms with E-state index in [0.717, 1.165) is 12.0 Å². The molecule has 0 bridgehead atoms. The number of nitro benzene ring substituents is 1. The molecule has 0 saturated carbocycles. The number of nitro groups is 1. The Bertz CT molecular complexity index is 1150. The lowest BCUT2D eigenvalue weighted by molar-refractivity contribution is -0.386. The number of ketones is 1. The maximum Gasteiger partial charge on any atom is 0.314 e. The van der Waals surface area contributed by atoms with Crippen molar-refractivity contribution in [3.63, 3.8) is 0 Å². The SMILES string of the molecule is CCOc1cc([C@@H]2CC(=O)NC3=C2C(=O)C[C@H](c2ccc(CC)cc2)C3)cc([N+](=O)[O-])c1O. The molecule has 1 amide bonds. The molecular formula is C25H26N2O6. The average Bonchev–Trinajstić information content (AvgIpc) is 2.79. The summed E-state index contributed by atoms with van der Waals surface area (Å²) in [5.74, 6) is -1.61. The molecule has 0 aromatic heterocycles. The monoisotopic (exact) mass is 450 g/mol. The first-order valence-corrected chi connectivity index (χ1v) is 11.1. The molecule has 2 aromatic rings. The number of Topliss-reactive ketones (excluding diaryl/α,β-unsaturated/α-hetero) is 1. The summed E-state index contributed by atoms with van der Waals surface area (Å²) in [6.07, 6.45) is 1.73. The van der Waals surface area contributed by atoms with E-state index in [1.54, 1.807) is 6.92 Å². The zero-order chi connectivity index (χ0) is 23.7. The highest BCUT2D eigenvalue weighted by Crippen LogP contribution is 2.46. The molecule has 2 aliphatic rings. The zero-order valence-electron chi connectivity index (χ0n) is 18.6. The number of rotatable bonds is 6. The van der Waals surface area contributed by atoms with Gasteiger partial charge in [-0.3, -0.25) is 19.7 Å². The van der Waals surface area contributed by atoms with Crippen molar-refractivity contribution in [2.45, 2.75) is 51.4 Å². The van der Waals surface area contributed by atoms with Crippen LogP contribution in [0.1, 0.15) is 61.6 Å². The predicted molar refractivity (Wildman–Crippen MR) is 121 cm³/mol. The molecule has 1 aliphatic carbocycles. The van der Waals surface area contributed by atoms with Gasteiger partial charge in [0.15, 0.2) is 11.5 Å². The molecule has 1 heterocycles. The van der Waals surface area contributed by atoms with Gasteiger partial charge in [0.2, 0.25) is 11.7 Å². The first kappa shape index (κ1) is 22.5. The lowest BCUT2D eigenvalue weighted by atomic mass is 9.73. The van der Waals surface area contributed by atoms with Crippen molar-refractivity contribution in [2.75, 3.05) is 6.61 Å². The Morgan fingerprint density at radius 2 is 1.82 bits per heavy atom. The zero-order valence-corrected chi connectivity index (χ0v) is 18.6. The van der Waals surface area contributed by atoms with Crippen molar-refractivity contribution < 1.29 is 24.4 Å². The fraction of sp³-hybridized carbons (Fsp3) is 0.360. The fourth-order valence-corrected chi connectivity index (χ4v) is 4.73. The number of nitrogens with one attached hydrogen (secondary N) is 1. The van der Waals surface area contributed by atoms with Crippen molar-refractivity contribution in [2.24, 2.45) is 0 Å². The lowest BCUT2D eigenvalue weighted by Gasteiger charge is -2.34. The van der Waals surface area contributed by atoms with Crippen LogP contribution in [0.5, 0.6) is 11.5 Å². The van der Waals surface area contributed by atoms with Gasteiger partial charge in [0.05, 0.1) is 11.5 Å². The number of phenolic OH excluding ortho intramolecular Hbond substituents is 1. The van der Waals surface area contributed by atoms with Crippen LogP contribution >= 0.6 is 0 Å². The molecule has 4 rings (SSSR count). The maximum absolute atomic E-state index is 13.3. The second kappa shape index (κ2) is 9.05. The molecule has 0 fully saturated rings. The van der Waals surface area contributed by atoms with Crippen molar-refractivity contribution in [3.8, 4) is 11.5 Å². The van der Waals surface area contributed by atoms with E-state index in [2.05, 4.69) is 24.4 Å². The van der Waals surface area contributed by atoms with Crippen LogP contribution in [0.4, 0.5) is 5.69 Å². The van der Waals surface area contributed by atoms with E-state index in [4.69, 9.17) is 4.74 Å². The number of amides is 1. The third-order valence-electron chi connectivity index (χ3n) is 6.37. The van der Waals surface area contributed by atoms with Gasteiger partial charge in [-0.15, -0.1) is 0 Å². The summed E-state index contributed by atoms with van der Waals surface area (Å²) in [6.45, 7) is 3.98. The molecule has 8 heteroatoms. The number of hydrogen-bond donors (Lipinski definition) is 2. The van der Waals surface area contributed by atoms with E-state index >= 15 is 0 Å². The summed E-state index contributed by atoms with van der Waals surface area (Å²) >= 11 is 0. The number of aryl methyl sites for hydroxylation is 1. The molecule has 1 aliphatic heterocycles. The molecule has 33 heavy (non-hydrogen) atoms. The predicted octanol–water partition coefficient (Wildman–Crippen LogP) is 4.27. The first-order valence-electron chi connectivity index (χ1n) is 11.1. The summed E-state index contributed by atoms with van der Waals surface area (Å²) in [5.41, 5.74) is 3.21. The number of aromatic hydroxyl groups is 1. The minimum Gasteiger partial charge on any atom is -0.500 e. The Morgan fingerprint density at radius 3 is 2.45 bits per heavy atom. The van der Waals surface area contributed by atoms with Crippen molar-refractivity contribution in [1.29, 1.82) is 0 Å². The molecule has 2 aromatic carbocycles. The van der Waals surface area contributed by atoms with Crippen LogP contribution in [-0.2, 0) is 16.0 Å². The van der Waals surface area contributed by atoms with Gasteiger partial charge >= 0.3 is 5.69 Å². The van der Waals surface area contributed by atoms with Gasteiger partial charge in [-0.1, -0.05) is 31.2 Å². The standard InChI is InChI=1S/C25H26N2O6/c1-3-14-5-7-15(8-6-14)16-9-19-24(21(28)11-16)18(13-23(29)26-19)17-10-20(27(31)32)25(30)22(12-17)33-4-2/h5-8,10,12,16,18,30H,3-4,9,11,13H2,1-2H3,(H,26,29)/t16-,18+/m1/s1. The van der Waals surface area contributed by atoms with E-state index in [0.29, 0.717) is 29.7 Å². The Hall–Kier alpha value is -3.68. The van der Waals surface area contributed by atoms with E-state index in [-0.39, 0.29) is 36.4 Å². The van der Waals surface area contributed by atoms with Gasteiger partial charge in [-0.25, -0.2) is 0 Å². The molecule has 8 nitrogen and oxygen atoms in total. The number of allylic oxidation sites excluding steroid dienone is 2. The summed E-state index contributed by atoms with van der Waals surface area (Å²) < 4.78 is 5.39. The highest BCUT2D eigenvalue weighted by Gasteiger charge is 2.39. The summed E-state index contributed by atoms with van der Waals surface area (Å²) in [7, 11) is 0. The quantitative estimate of drug-likeness (QED) is 0.501. The van der Waals surface area contributed by atoms with Crippen molar-refractivity contribution >= 4 is 17.4 Å². The second-order valence-electron chi connectivity index (χ2n) is 8.40. The van der Waals surface area contributed by atoms with Gasteiger partial charge in [0, 0.05) is 36.1 Å². The lowest BCUT2D eigenvalue weighted by Crippen LogP contribution is -2.38. The Balaban J connectivity index is 1.74.